The Kier molecular flexibility index (Phi) is 5.06. The monoisotopic (exact) mass is 700 g/mol. The molecule has 0 atom stereocenters. The fourth-order valence-electron chi connectivity index (χ4n) is 7.13. The first-order valence-electron chi connectivity index (χ1n) is 21.8. The number of nitrogens with zero attached hydrogens (tertiary/aromatic N) is 3. The zero-order valence-electron chi connectivity index (χ0n) is 37.2. The van der Waals surface area contributed by atoms with Gasteiger partial charge < -0.3 is 8.83 Å². The van der Waals surface area contributed by atoms with Crippen LogP contribution in [0, 0.1) is 0 Å². The lowest BCUT2D eigenvalue weighted by Gasteiger charge is -2.10. The van der Waals surface area contributed by atoms with E-state index in [9.17, 15) is 2.74 Å². The highest BCUT2D eigenvalue weighted by Gasteiger charge is 2.19. The largest absolute Gasteiger partial charge is 0.456 e. The van der Waals surface area contributed by atoms with Crippen LogP contribution in [0.15, 0.2) is 185 Å². The molecule has 0 aliphatic heterocycles. The van der Waals surface area contributed by atoms with Crippen LogP contribution in [-0.2, 0) is 0 Å². The molecule has 3 heterocycles. The smallest absolute Gasteiger partial charge is 0.164 e. The number of hydrogen-bond donors (Lipinski definition) is 0. The Morgan fingerprint density at radius 3 is 1.93 bits per heavy atom. The molecular formula is C49H29N3O2. The van der Waals surface area contributed by atoms with Gasteiger partial charge in [-0.15, -0.1) is 0 Å². The van der Waals surface area contributed by atoms with Gasteiger partial charge in [0.2, 0.25) is 0 Å². The van der Waals surface area contributed by atoms with Gasteiger partial charge in [-0.3, -0.25) is 0 Å². The number of furan rings is 2. The molecule has 5 heteroatoms. The van der Waals surface area contributed by atoms with Crippen LogP contribution in [0.5, 0.6) is 0 Å². The average Bonchev–Trinajstić information content (AvgIpc) is 3.89. The number of rotatable bonds is 5. The molecule has 0 aliphatic rings. The molecule has 0 aliphatic carbocycles. The van der Waals surface area contributed by atoms with Crippen molar-refractivity contribution in [1.29, 1.82) is 0 Å². The van der Waals surface area contributed by atoms with E-state index in [0.29, 0.717) is 33.3 Å². The minimum atomic E-state index is -0.661. The van der Waals surface area contributed by atoms with Crippen molar-refractivity contribution in [1.82, 2.24) is 15.0 Å². The third-order valence-corrected chi connectivity index (χ3v) is 9.70. The third kappa shape index (κ3) is 4.98. The SMILES string of the molecule is [2H]c1c([2H])c([2H])c(-c2c([2H])c([2H])c(-c3nc(-c4ccc5oc6c7ccccc7ccc6c5c4)nc(-c4cccc5oc6ccc(-c7ccccc7)cc6c45)n3)c([2H])c2[2H])c([2H])c1[2H]. The summed E-state index contributed by atoms with van der Waals surface area (Å²) < 4.78 is 91.3. The van der Waals surface area contributed by atoms with Crippen molar-refractivity contribution >= 4 is 54.6 Å². The highest BCUT2D eigenvalue weighted by Crippen LogP contribution is 2.40. The summed E-state index contributed by atoms with van der Waals surface area (Å²) in [5.74, 6) is 0.175. The van der Waals surface area contributed by atoms with Gasteiger partial charge in [-0.05, 0) is 70.1 Å². The Bertz CT molecular complexity index is 3700. The van der Waals surface area contributed by atoms with Gasteiger partial charge in [0, 0.05) is 43.6 Å². The maximum Gasteiger partial charge on any atom is 0.164 e. The molecule has 8 aromatic carbocycles. The summed E-state index contributed by atoms with van der Waals surface area (Å²) in [7, 11) is 0. The second-order valence-corrected chi connectivity index (χ2v) is 12.9. The van der Waals surface area contributed by atoms with Crippen LogP contribution in [0.25, 0.3) is 111 Å². The molecule has 0 N–H and O–H groups in total. The topological polar surface area (TPSA) is 65.0 Å². The lowest BCUT2D eigenvalue weighted by Crippen LogP contribution is -2.00. The highest BCUT2D eigenvalue weighted by atomic mass is 16.3. The van der Waals surface area contributed by atoms with Crippen LogP contribution in [0.1, 0.15) is 12.3 Å². The molecule has 0 amide bonds. The van der Waals surface area contributed by atoms with Crippen molar-refractivity contribution in [3.05, 3.63) is 176 Å². The molecule has 5 nitrogen and oxygen atoms in total. The van der Waals surface area contributed by atoms with Crippen molar-refractivity contribution < 1.29 is 21.2 Å². The predicted octanol–water partition coefficient (Wildman–Crippen LogP) is 13.2. The second kappa shape index (κ2) is 12.1. The molecule has 3 aromatic heterocycles. The number of benzene rings is 8. The minimum absolute atomic E-state index is 0.169. The molecule has 0 unspecified atom stereocenters. The fourth-order valence-corrected chi connectivity index (χ4v) is 7.13. The Morgan fingerprint density at radius 1 is 0.389 bits per heavy atom. The first-order valence-corrected chi connectivity index (χ1v) is 17.3. The summed E-state index contributed by atoms with van der Waals surface area (Å²) >= 11 is 0. The zero-order valence-corrected chi connectivity index (χ0v) is 28.2. The van der Waals surface area contributed by atoms with Crippen molar-refractivity contribution in [3.8, 4) is 56.4 Å². The lowest BCUT2D eigenvalue weighted by atomic mass is 10.0. The lowest BCUT2D eigenvalue weighted by molar-refractivity contribution is 0.669. The van der Waals surface area contributed by atoms with Crippen LogP contribution in [0.3, 0.4) is 0 Å². The first-order chi connectivity index (χ1) is 30.5. The van der Waals surface area contributed by atoms with Gasteiger partial charge in [0.05, 0.1) is 12.3 Å². The quantitative estimate of drug-likeness (QED) is 0.179. The molecule has 0 radical (unpaired) electrons. The summed E-state index contributed by atoms with van der Waals surface area (Å²) in [6, 6.07) is 33.4. The van der Waals surface area contributed by atoms with Crippen molar-refractivity contribution in [2.24, 2.45) is 0 Å². The number of hydrogen-bond acceptors (Lipinski definition) is 5. The molecular weight excluding hydrogens is 663 g/mol. The first kappa shape index (κ1) is 22.5. The third-order valence-electron chi connectivity index (χ3n) is 9.70. The Balaban J connectivity index is 1.18. The van der Waals surface area contributed by atoms with Crippen molar-refractivity contribution in [3.63, 3.8) is 0 Å². The van der Waals surface area contributed by atoms with Crippen LogP contribution in [0.4, 0.5) is 0 Å². The molecule has 0 spiro atoms. The molecule has 252 valence electrons. The van der Waals surface area contributed by atoms with E-state index in [1.807, 2.05) is 121 Å². The minimum Gasteiger partial charge on any atom is -0.456 e. The molecule has 0 bridgehead atoms. The van der Waals surface area contributed by atoms with Crippen molar-refractivity contribution in [2.75, 3.05) is 0 Å². The standard InChI is InChI=1S/C49H29N3O2/c1-3-10-30(11-4-1)32-18-20-34(21-19-32)47-50-48(36-24-27-42-40(29-36)38-25-22-33-14-7-8-15-37(33)46(38)54-42)52-49(51-47)39-16-9-17-44-45(39)41-28-35(23-26-43(41)53-44)31-12-5-2-6-13-31/h1-29H/i1D,3D,4D,10D,11D,18D,19D,20D,21D. The number of fused-ring (bicyclic) bond motifs is 8. The summed E-state index contributed by atoms with van der Waals surface area (Å²) in [5, 5.41) is 5.20. The predicted molar refractivity (Wildman–Crippen MR) is 219 cm³/mol. The average molecular weight is 701 g/mol. The summed E-state index contributed by atoms with van der Waals surface area (Å²) in [5.41, 5.74) is 4.55. The van der Waals surface area contributed by atoms with Gasteiger partial charge in [0.15, 0.2) is 17.5 Å². The van der Waals surface area contributed by atoms with E-state index in [1.165, 1.54) is 0 Å². The Hall–Kier alpha value is -7.37. The van der Waals surface area contributed by atoms with Crippen LogP contribution in [-0.4, -0.2) is 15.0 Å². The van der Waals surface area contributed by atoms with E-state index >= 15 is 0 Å². The van der Waals surface area contributed by atoms with Gasteiger partial charge in [0.25, 0.3) is 0 Å². The molecule has 11 aromatic rings. The molecule has 0 saturated heterocycles. The normalized spacial score (nSPS) is 14.0. The van der Waals surface area contributed by atoms with Crippen LogP contribution >= 0.6 is 0 Å². The fraction of sp³-hybridized carbons (Fsp3) is 0. The molecule has 11 rings (SSSR count). The van der Waals surface area contributed by atoms with Gasteiger partial charge in [-0.1, -0.05) is 133 Å². The highest BCUT2D eigenvalue weighted by molar-refractivity contribution is 6.16. The summed E-state index contributed by atoms with van der Waals surface area (Å²) in [6.07, 6.45) is 0. The number of aromatic nitrogens is 3. The van der Waals surface area contributed by atoms with Crippen LogP contribution < -0.4 is 0 Å². The Morgan fingerprint density at radius 2 is 1.07 bits per heavy atom. The van der Waals surface area contributed by atoms with Gasteiger partial charge in [-0.25, -0.2) is 15.0 Å². The van der Waals surface area contributed by atoms with E-state index in [2.05, 4.69) is 0 Å². The molecule has 0 fully saturated rings. The van der Waals surface area contributed by atoms with Crippen LogP contribution in [0.2, 0.25) is 0 Å². The summed E-state index contributed by atoms with van der Waals surface area (Å²) in [6.45, 7) is 0. The van der Waals surface area contributed by atoms with E-state index in [0.717, 1.165) is 43.6 Å². The van der Waals surface area contributed by atoms with Crippen molar-refractivity contribution in [2.45, 2.75) is 0 Å². The van der Waals surface area contributed by atoms with E-state index in [4.69, 9.17) is 33.4 Å². The second-order valence-electron chi connectivity index (χ2n) is 12.9. The summed E-state index contributed by atoms with van der Waals surface area (Å²) in [4.78, 5) is 14.8. The zero-order chi connectivity index (χ0) is 43.4. The van der Waals surface area contributed by atoms with E-state index in [1.54, 1.807) is 0 Å². The van der Waals surface area contributed by atoms with Gasteiger partial charge in [-0.2, -0.15) is 0 Å². The van der Waals surface area contributed by atoms with E-state index in [-0.39, 0.29) is 23.0 Å². The van der Waals surface area contributed by atoms with Gasteiger partial charge in [0.1, 0.15) is 22.3 Å². The maximum absolute atomic E-state index is 9.29. The molecule has 54 heavy (non-hydrogen) atoms. The Labute approximate surface area is 322 Å². The molecule has 0 saturated carbocycles. The van der Waals surface area contributed by atoms with E-state index < -0.39 is 65.5 Å². The van der Waals surface area contributed by atoms with Gasteiger partial charge >= 0.3 is 0 Å². The maximum atomic E-state index is 9.29.